The Morgan fingerprint density at radius 2 is 1.96 bits per heavy atom. The van der Waals surface area contributed by atoms with Crippen LogP contribution in [0.25, 0.3) is 0 Å². The second-order valence-electron chi connectivity index (χ2n) is 5.21. The maximum absolute atomic E-state index is 12.1. The summed E-state index contributed by atoms with van der Waals surface area (Å²) in [6.45, 7) is 4.49. The van der Waals surface area contributed by atoms with Gasteiger partial charge >= 0.3 is 5.97 Å². The fraction of sp³-hybridized carbons (Fsp3) is 0.500. The molecule has 0 saturated carbocycles. The standard InChI is InChI=1S/C16H22N2O5/c1-2-23-13-5-3-12(4-6-13)17-15(19)11-14(16(20)21)18-7-9-22-10-8-18/h3-6,14H,2,7-11H2,1H3,(H,17,19)(H,20,21). The molecule has 1 aliphatic heterocycles. The number of carboxylic acid groups (broad SMARTS) is 1. The van der Waals surface area contributed by atoms with Gasteiger partial charge in [0, 0.05) is 18.8 Å². The Morgan fingerprint density at radius 1 is 1.30 bits per heavy atom. The molecule has 0 spiro atoms. The van der Waals surface area contributed by atoms with Crippen LogP contribution in [-0.2, 0) is 14.3 Å². The number of carboxylic acids is 1. The number of ether oxygens (including phenoxy) is 2. The fourth-order valence-electron chi connectivity index (χ4n) is 2.45. The number of nitrogens with zero attached hydrogens (tertiary/aromatic N) is 1. The van der Waals surface area contributed by atoms with Crippen LogP contribution in [0.5, 0.6) is 5.75 Å². The molecule has 7 heteroatoms. The van der Waals surface area contributed by atoms with Crippen LogP contribution < -0.4 is 10.1 Å². The number of nitrogens with one attached hydrogen (secondary N) is 1. The van der Waals surface area contributed by atoms with Crippen LogP contribution in [0.2, 0.25) is 0 Å². The summed E-state index contributed by atoms with van der Waals surface area (Å²) >= 11 is 0. The number of morpholine rings is 1. The third kappa shape index (κ3) is 5.22. The number of amides is 1. The second-order valence-corrected chi connectivity index (χ2v) is 5.21. The van der Waals surface area contributed by atoms with Gasteiger partial charge < -0.3 is 19.9 Å². The van der Waals surface area contributed by atoms with Crippen LogP contribution in [0.3, 0.4) is 0 Å². The van der Waals surface area contributed by atoms with Crippen LogP contribution >= 0.6 is 0 Å². The van der Waals surface area contributed by atoms with Crippen molar-refractivity contribution in [3.05, 3.63) is 24.3 Å². The van der Waals surface area contributed by atoms with Gasteiger partial charge in [-0.1, -0.05) is 0 Å². The van der Waals surface area contributed by atoms with Gasteiger partial charge in [0.05, 0.1) is 26.2 Å². The van der Waals surface area contributed by atoms with Gasteiger partial charge in [-0.2, -0.15) is 0 Å². The summed E-state index contributed by atoms with van der Waals surface area (Å²) in [6.07, 6.45) is -0.0947. The number of anilines is 1. The number of rotatable bonds is 7. The van der Waals surface area contributed by atoms with Crippen molar-refractivity contribution in [1.29, 1.82) is 0 Å². The molecule has 1 aromatic carbocycles. The maximum Gasteiger partial charge on any atom is 0.321 e. The van der Waals surface area contributed by atoms with E-state index in [9.17, 15) is 14.7 Å². The Hall–Kier alpha value is -2.12. The molecule has 1 aliphatic rings. The van der Waals surface area contributed by atoms with E-state index >= 15 is 0 Å². The number of hydrogen-bond acceptors (Lipinski definition) is 5. The Balaban J connectivity index is 1.91. The van der Waals surface area contributed by atoms with E-state index in [-0.39, 0.29) is 12.3 Å². The minimum absolute atomic E-state index is 0.0947. The zero-order valence-corrected chi connectivity index (χ0v) is 13.2. The first kappa shape index (κ1) is 17.2. The largest absolute Gasteiger partial charge is 0.494 e. The third-order valence-corrected chi connectivity index (χ3v) is 3.60. The molecule has 1 unspecified atom stereocenters. The van der Waals surface area contributed by atoms with E-state index in [2.05, 4.69) is 5.32 Å². The SMILES string of the molecule is CCOc1ccc(NC(=O)CC(C(=O)O)N2CCOCC2)cc1. The molecule has 0 bridgehead atoms. The van der Waals surface area contributed by atoms with E-state index in [0.717, 1.165) is 5.75 Å². The highest BCUT2D eigenvalue weighted by Gasteiger charge is 2.29. The molecule has 1 amide bonds. The zero-order valence-electron chi connectivity index (χ0n) is 13.2. The Labute approximate surface area is 135 Å². The van der Waals surface area contributed by atoms with Crippen LogP contribution in [0.15, 0.2) is 24.3 Å². The summed E-state index contributed by atoms with van der Waals surface area (Å²) in [4.78, 5) is 25.3. The van der Waals surface area contributed by atoms with Crippen LogP contribution in [0.4, 0.5) is 5.69 Å². The molecular weight excluding hydrogens is 300 g/mol. The predicted molar refractivity (Wildman–Crippen MR) is 84.7 cm³/mol. The number of hydrogen-bond donors (Lipinski definition) is 2. The van der Waals surface area contributed by atoms with Crippen molar-refractivity contribution in [2.24, 2.45) is 0 Å². The summed E-state index contributed by atoms with van der Waals surface area (Å²) in [5.41, 5.74) is 0.615. The lowest BCUT2D eigenvalue weighted by Crippen LogP contribution is -2.48. The molecular formula is C16H22N2O5. The molecule has 1 fully saturated rings. The van der Waals surface area contributed by atoms with E-state index in [1.54, 1.807) is 29.2 Å². The van der Waals surface area contributed by atoms with Gasteiger partial charge in [0.2, 0.25) is 5.91 Å². The first-order valence-electron chi connectivity index (χ1n) is 7.67. The van der Waals surface area contributed by atoms with Crippen molar-refractivity contribution in [1.82, 2.24) is 4.90 Å². The Morgan fingerprint density at radius 3 is 2.52 bits per heavy atom. The number of aliphatic carboxylic acids is 1. The Kier molecular flexibility index (Phi) is 6.37. The van der Waals surface area contributed by atoms with E-state index in [1.807, 2.05) is 6.92 Å². The molecule has 2 N–H and O–H groups in total. The number of carbonyl (C=O) groups is 2. The molecule has 23 heavy (non-hydrogen) atoms. The van der Waals surface area contributed by atoms with Crippen molar-refractivity contribution >= 4 is 17.6 Å². The van der Waals surface area contributed by atoms with Gasteiger partial charge in [-0.3, -0.25) is 14.5 Å². The molecule has 0 aliphatic carbocycles. The topological polar surface area (TPSA) is 88.1 Å². The highest BCUT2D eigenvalue weighted by atomic mass is 16.5. The monoisotopic (exact) mass is 322 g/mol. The van der Waals surface area contributed by atoms with E-state index in [1.165, 1.54) is 0 Å². The average Bonchev–Trinajstić information content (AvgIpc) is 2.55. The summed E-state index contributed by atoms with van der Waals surface area (Å²) < 4.78 is 10.5. The molecule has 2 rings (SSSR count). The van der Waals surface area contributed by atoms with Crippen molar-refractivity contribution in [3.63, 3.8) is 0 Å². The minimum Gasteiger partial charge on any atom is -0.494 e. The molecule has 0 radical (unpaired) electrons. The average molecular weight is 322 g/mol. The van der Waals surface area contributed by atoms with Crippen molar-refractivity contribution in [2.45, 2.75) is 19.4 Å². The van der Waals surface area contributed by atoms with E-state index < -0.39 is 12.0 Å². The lowest BCUT2D eigenvalue weighted by Gasteiger charge is -2.31. The minimum atomic E-state index is -0.992. The summed E-state index contributed by atoms with van der Waals surface area (Å²) in [5.74, 6) is -0.593. The van der Waals surface area contributed by atoms with Gasteiger partial charge in [0.25, 0.3) is 0 Å². The van der Waals surface area contributed by atoms with E-state index in [0.29, 0.717) is 38.6 Å². The van der Waals surface area contributed by atoms with Gasteiger partial charge in [-0.15, -0.1) is 0 Å². The van der Waals surface area contributed by atoms with E-state index in [4.69, 9.17) is 9.47 Å². The number of carbonyl (C=O) groups excluding carboxylic acids is 1. The van der Waals surface area contributed by atoms with Gasteiger partial charge in [0.15, 0.2) is 0 Å². The molecule has 126 valence electrons. The van der Waals surface area contributed by atoms with Crippen molar-refractivity contribution in [2.75, 3.05) is 38.2 Å². The van der Waals surface area contributed by atoms with Crippen molar-refractivity contribution in [3.8, 4) is 5.75 Å². The van der Waals surface area contributed by atoms with Crippen LogP contribution in [-0.4, -0.2) is 60.8 Å². The maximum atomic E-state index is 12.1. The molecule has 0 aromatic heterocycles. The molecule has 7 nitrogen and oxygen atoms in total. The lowest BCUT2D eigenvalue weighted by atomic mass is 10.1. The first-order valence-corrected chi connectivity index (χ1v) is 7.67. The van der Waals surface area contributed by atoms with Crippen LogP contribution in [0.1, 0.15) is 13.3 Å². The highest BCUT2D eigenvalue weighted by molar-refractivity contribution is 5.94. The zero-order chi connectivity index (χ0) is 16.7. The van der Waals surface area contributed by atoms with Crippen LogP contribution in [0, 0.1) is 0 Å². The molecule has 1 atom stereocenters. The number of benzene rings is 1. The van der Waals surface area contributed by atoms with Gasteiger partial charge in [0.1, 0.15) is 11.8 Å². The van der Waals surface area contributed by atoms with Crippen molar-refractivity contribution < 1.29 is 24.2 Å². The Bertz CT molecular complexity index is 526. The normalized spacial score (nSPS) is 16.6. The first-order chi connectivity index (χ1) is 11.1. The predicted octanol–water partition coefficient (Wildman–Crippen LogP) is 1.20. The molecule has 1 heterocycles. The molecule has 1 saturated heterocycles. The third-order valence-electron chi connectivity index (χ3n) is 3.60. The molecule has 1 aromatic rings. The second kappa shape index (κ2) is 8.50. The quantitative estimate of drug-likeness (QED) is 0.784. The fourth-order valence-corrected chi connectivity index (χ4v) is 2.45. The summed E-state index contributed by atoms with van der Waals surface area (Å²) in [7, 11) is 0. The van der Waals surface area contributed by atoms with Gasteiger partial charge in [-0.05, 0) is 31.2 Å². The smallest absolute Gasteiger partial charge is 0.321 e. The lowest BCUT2D eigenvalue weighted by molar-refractivity contribution is -0.147. The van der Waals surface area contributed by atoms with Gasteiger partial charge in [-0.25, -0.2) is 0 Å². The summed E-state index contributed by atoms with van der Waals surface area (Å²) in [5, 5.41) is 12.1. The highest BCUT2D eigenvalue weighted by Crippen LogP contribution is 2.16. The summed E-state index contributed by atoms with van der Waals surface area (Å²) in [6, 6.07) is 6.15.